The first-order valence-corrected chi connectivity index (χ1v) is 11.0. The standard InChI is InChI=1S/C24H31ClN4O2/c1-17-7-6-8-19(15-17)27-24(31)29-13-11-18(12-14-29)23(30)26-16-22(28(2)3)20-9-4-5-10-21(20)25/h4-10,15,18,22H,11-14,16H2,1-3H3,(H,26,30)(H,27,31)/t22-/m0/s1. The van der Waals surface area contributed by atoms with Crippen LogP contribution in [0, 0.1) is 12.8 Å². The van der Waals surface area contributed by atoms with Crippen molar-refractivity contribution in [1.29, 1.82) is 0 Å². The number of halogens is 1. The molecule has 0 aromatic heterocycles. The Morgan fingerprint density at radius 1 is 1.13 bits per heavy atom. The highest BCUT2D eigenvalue weighted by Crippen LogP contribution is 2.26. The molecule has 1 saturated heterocycles. The van der Waals surface area contributed by atoms with Crippen molar-refractivity contribution in [2.24, 2.45) is 5.92 Å². The molecule has 1 heterocycles. The van der Waals surface area contributed by atoms with Crippen LogP contribution in [-0.2, 0) is 4.79 Å². The topological polar surface area (TPSA) is 64.7 Å². The molecule has 0 bridgehead atoms. The van der Waals surface area contributed by atoms with E-state index in [4.69, 9.17) is 11.6 Å². The number of nitrogens with zero attached hydrogens (tertiary/aromatic N) is 2. The molecular weight excluding hydrogens is 412 g/mol. The van der Waals surface area contributed by atoms with Crippen LogP contribution in [0.2, 0.25) is 5.02 Å². The molecule has 0 unspecified atom stereocenters. The summed E-state index contributed by atoms with van der Waals surface area (Å²) in [5.41, 5.74) is 2.89. The second-order valence-electron chi connectivity index (χ2n) is 8.31. The maximum Gasteiger partial charge on any atom is 0.321 e. The molecule has 1 aliphatic heterocycles. The number of carbonyl (C=O) groups excluding carboxylic acids is 2. The molecule has 166 valence electrons. The number of amides is 3. The van der Waals surface area contributed by atoms with Gasteiger partial charge in [-0.15, -0.1) is 0 Å². The Morgan fingerprint density at radius 3 is 2.48 bits per heavy atom. The zero-order chi connectivity index (χ0) is 22.4. The van der Waals surface area contributed by atoms with Gasteiger partial charge in [0.2, 0.25) is 5.91 Å². The van der Waals surface area contributed by atoms with Gasteiger partial charge in [0.15, 0.2) is 0 Å². The Kier molecular flexibility index (Phi) is 7.93. The van der Waals surface area contributed by atoms with E-state index in [9.17, 15) is 9.59 Å². The van der Waals surface area contributed by atoms with Gasteiger partial charge in [-0.25, -0.2) is 4.79 Å². The van der Waals surface area contributed by atoms with Gasteiger partial charge in [-0.2, -0.15) is 0 Å². The zero-order valence-electron chi connectivity index (χ0n) is 18.4. The van der Waals surface area contributed by atoms with Gasteiger partial charge >= 0.3 is 6.03 Å². The van der Waals surface area contributed by atoms with Crippen LogP contribution in [-0.4, -0.2) is 55.5 Å². The van der Waals surface area contributed by atoms with Crippen LogP contribution in [0.15, 0.2) is 48.5 Å². The number of likely N-dealkylation sites (N-methyl/N-ethyl adjacent to an activating group) is 1. The minimum Gasteiger partial charge on any atom is -0.354 e. The van der Waals surface area contributed by atoms with Gasteiger partial charge in [-0.1, -0.05) is 41.9 Å². The maximum atomic E-state index is 12.8. The monoisotopic (exact) mass is 442 g/mol. The highest BCUT2D eigenvalue weighted by atomic mass is 35.5. The number of piperidine rings is 1. The van der Waals surface area contributed by atoms with E-state index < -0.39 is 0 Å². The number of urea groups is 1. The van der Waals surface area contributed by atoms with E-state index in [0.29, 0.717) is 37.5 Å². The number of aryl methyl sites for hydroxylation is 1. The average molecular weight is 443 g/mol. The van der Waals surface area contributed by atoms with E-state index in [1.165, 1.54) is 0 Å². The summed E-state index contributed by atoms with van der Waals surface area (Å²) in [6.45, 7) is 3.62. The molecular formula is C24H31ClN4O2. The molecule has 0 spiro atoms. The number of hydrogen-bond acceptors (Lipinski definition) is 3. The summed E-state index contributed by atoms with van der Waals surface area (Å²) < 4.78 is 0. The van der Waals surface area contributed by atoms with Crippen molar-refractivity contribution in [3.8, 4) is 0 Å². The van der Waals surface area contributed by atoms with Gasteiger partial charge in [-0.05, 0) is 63.2 Å². The molecule has 0 radical (unpaired) electrons. The van der Waals surface area contributed by atoms with Crippen LogP contribution >= 0.6 is 11.6 Å². The number of benzene rings is 2. The predicted octanol–water partition coefficient (Wildman–Crippen LogP) is 4.31. The van der Waals surface area contributed by atoms with Crippen LogP contribution < -0.4 is 10.6 Å². The number of carbonyl (C=O) groups is 2. The molecule has 3 rings (SSSR count). The SMILES string of the molecule is Cc1cccc(NC(=O)N2CCC(C(=O)NC[C@@H](c3ccccc3Cl)N(C)C)CC2)c1. The Bertz CT molecular complexity index is 910. The van der Waals surface area contributed by atoms with Gasteiger partial charge in [0.1, 0.15) is 0 Å². The number of anilines is 1. The molecule has 1 atom stereocenters. The summed E-state index contributed by atoms with van der Waals surface area (Å²) in [4.78, 5) is 29.1. The van der Waals surface area contributed by atoms with Crippen molar-refractivity contribution in [2.45, 2.75) is 25.8 Å². The first-order chi connectivity index (χ1) is 14.8. The minimum atomic E-state index is -0.115. The molecule has 31 heavy (non-hydrogen) atoms. The van der Waals surface area contributed by atoms with Gasteiger partial charge in [0.25, 0.3) is 0 Å². The van der Waals surface area contributed by atoms with E-state index in [1.807, 2.05) is 69.6 Å². The molecule has 6 nitrogen and oxygen atoms in total. The molecule has 2 aromatic carbocycles. The van der Waals surface area contributed by atoms with Crippen LogP contribution in [0.5, 0.6) is 0 Å². The summed E-state index contributed by atoms with van der Waals surface area (Å²) in [5, 5.41) is 6.73. The van der Waals surface area contributed by atoms with E-state index in [2.05, 4.69) is 15.5 Å². The zero-order valence-corrected chi connectivity index (χ0v) is 19.2. The largest absolute Gasteiger partial charge is 0.354 e. The number of nitrogens with one attached hydrogen (secondary N) is 2. The van der Waals surface area contributed by atoms with Crippen molar-refractivity contribution in [3.05, 3.63) is 64.7 Å². The Morgan fingerprint density at radius 2 is 1.84 bits per heavy atom. The fraction of sp³-hybridized carbons (Fsp3) is 0.417. The number of rotatable bonds is 6. The van der Waals surface area contributed by atoms with Crippen molar-refractivity contribution in [1.82, 2.24) is 15.1 Å². The van der Waals surface area contributed by atoms with E-state index in [1.54, 1.807) is 4.90 Å². The minimum absolute atomic E-state index is 0.00199. The lowest BCUT2D eigenvalue weighted by Crippen LogP contribution is -2.45. The first kappa shape index (κ1) is 23.1. The third kappa shape index (κ3) is 6.21. The molecule has 0 saturated carbocycles. The predicted molar refractivity (Wildman–Crippen MR) is 125 cm³/mol. The van der Waals surface area contributed by atoms with Gasteiger partial charge in [0, 0.05) is 36.3 Å². The number of likely N-dealkylation sites (tertiary alicyclic amines) is 1. The molecule has 1 aliphatic rings. The fourth-order valence-electron chi connectivity index (χ4n) is 3.93. The molecule has 7 heteroatoms. The van der Waals surface area contributed by atoms with E-state index >= 15 is 0 Å². The van der Waals surface area contributed by atoms with E-state index in [-0.39, 0.29) is 23.9 Å². The Labute approximate surface area is 189 Å². The first-order valence-electron chi connectivity index (χ1n) is 10.7. The molecule has 1 fully saturated rings. The van der Waals surface area contributed by atoms with Crippen LogP contribution in [0.4, 0.5) is 10.5 Å². The average Bonchev–Trinajstić information content (AvgIpc) is 2.75. The molecule has 2 N–H and O–H groups in total. The molecule has 2 aromatic rings. The number of hydrogen-bond donors (Lipinski definition) is 2. The maximum absolute atomic E-state index is 12.8. The Balaban J connectivity index is 1.49. The summed E-state index contributed by atoms with van der Waals surface area (Å²) in [6.07, 6.45) is 1.32. The van der Waals surface area contributed by atoms with Crippen molar-refractivity contribution >= 4 is 29.2 Å². The van der Waals surface area contributed by atoms with Gasteiger partial charge in [-0.3, -0.25) is 4.79 Å². The second kappa shape index (κ2) is 10.6. The Hall–Kier alpha value is -2.57. The lowest BCUT2D eigenvalue weighted by Gasteiger charge is -2.32. The quantitative estimate of drug-likeness (QED) is 0.700. The highest BCUT2D eigenvalue weighted by Gasteiger charge is 2.28. The van der Waals surface area contributed by atoms with Gasteiger partial charge in [0.05, 0.1) is 6.04 Å². The van der Waals surface area contributed by atoms with Crippen LogP contribution in [0.1, 0.15) is 30.0 Å². The molecule has 0 aliphatic carbocycles. The fourth-order valence-corrected chi connectivity index (χ4v) is 4.19. The van der Waals surface area contributed by atoms with Crippen LogP contribution in [0.3, 0.4) is 0 Å². The lowest BCUT2D eigenvalue weighted by molar-refractivity contribution is -0.126. The van der Waals surface area contributed by atoms with Crippen molar-refractivity contribution in [3.63, 3.8) is 0 Å². The molecule has 3 amide bonds. The highest BCUT2D eigenvalue weighted by molar-refractivity contribution is 6.31. The van der Waals surface area contributed by atoms with E-state index in [0.717, 1.165) is 16.8 Å². The lowest BCUT2D eigenvalue weighted by atomic mass is 9.95. The normalized spacial score (nSPS) is 15.6. The summed E-state index contributed by atoms with van der Waals surface area (Å²) in [5.74, 6) is -0.0466. The summed E-state index contributed by atoms with van der Waals surface area (Å²) in [6, 6.07) is 15.3. The van der Waals surface area contributed by atoms with Crippen molar-refractivity contribution < 1.29 is 9.59 Å². The van der Waals surface area contributed by atoms with Crippen molar-refractivity contribution in [2.75, 3.05) is 39.0 Å². The summed E-state index contributed by atoms with van der Waals surface area (Å²) >= 11 is 6.36. The summed E-state index contributed by atoms with van der Waals surface area (Å²) in [7, 11) is 3.96. The second-order valence-corrected chi connectivity index (χ2v) is 8.71. The third-order valence-electron chi connectivity index (χ3n) is 5.78. The smallest absolute Gasteiger partial charge is 0.321 e. The van der Waals surface area contributed by atoms with Gasteiger partial charge < -0.3 is 20.4 Å². The third-order valence-corrected chi connectivity index (χ3v) is 6.12. The van der Waals surface area contributed by atoms with Crippen LogP contribution in [0.25, 0.3) is 0 Å².